The van der Waals surface area contributed by atoms with Crippen molar-refractivity contribution in [3.8, 4) is 0 Å². The molecule has 66 heavy (non-hydrogen) atoms. The van der Waals surface area contributed by atoms with Crippen LogP contribution in [0.2, 0.25) is 0 Å². The van der Waals surface area contributed by atoms with E-state index in [1.165, 1.54) is 51.1 Å². The van der Waals surface area contributed by atoms with Crippen LogP contribution in [0.4, 0.5) is 32.3 Å². The molecule has 10 N–H and O–H groups in total. The highest BCUT2D eigenvalue weighted by Gasteiger charge is 2.33. The number of nitrogens with one attached hydrogen (secondary N) is 6. The lowest BCUT2D eigenvalue weighted by molar-refractivity contribution is -0.117. The summed E-state index contributed by atoms with van der Waals surface area (Å²) in [5.41, 5.74) is 27.6. The minimum absolute atomic E-state index is 0.0868. The molecule has 0 aliphatic carbocycles. The van der Waals surface area contributed by atoms with Gasteiger partial charge in [0.15, 0.2) is 0 Å². The second kappa shape index (κ2) is 26.1. The Balaban J connectivity index is 1.85. The number of nitrogen functional groups attached to an aromatic ring is 2. The molecule has 0 saturated heterocycles. The number of amides is 6. The molecule has 0 aliphatic rings. The number of carbonyl (C=O) groups is 7. The molecule has 0 saturated carbocycles. The maximum atomic E-state index is 13.8. The number of anilines is 4. The number of ketones is 3. The first kappa shape index (κ1) is 53.4. The van der Waals surface area contributed by atoms with Gasteiger partial charge in [-0.1, -0.05) is 32.8 Å². The van der Waals surface area contributed by atoms with E-state index in [0.717, 1.165) is 39.8 Å². The second-order valence-electron chi connectivity index (χ2n) is 16.4. The summed E-state index contributed by atoms with van der Waals surface area (Å²) in [5, 5.41) is 20.8. The zero-order valence-electron chi connectivity index (χ0n) is 39.4. The van der Waals surface area contributed by atoms with Gasteiger partial charge in [-0.15, -0.1) is 0 Å². The third-order valence-electron chi connectivity index (χ3n) is 11.6. The highest BCUT2D eigenvalue weighted by Crippen LogP contribution is 2.32. The van der Waals surface area contributed by atoms with Crippen LogP contribution in [0.5, 0.6) is 0 Å². The number of rotatable bonds is 26. The fourth-order valence-electron chi connectivity index (χ4n) is 8.13. The van der Waals surface area contributed by atoms with Gasteiger partial charge in [-0.25, -0.2) is 9.59 Å². The van der Waals surface area contributed by atoms with Crippen molar-refractivity contribution in [3.63, 3.8) is 0 Å². The molecule has 3 aromatic rings. The third kappa shape index (κ3) is 15.6. The molecule has 0 radical (unpaired) electrons. The van der Waals surface area contributed by atoms with Gasteiger partial charge in [-0.3, -0.25) is 9.59 Å². The standard InChI is InChI=1S/C48H67N11O7/c1-8-34-35(9-2)38(27-53-46(65)56-42-25-32(13-15-40(42)49)44(63)52-23-12-24-55-59-51)37(11-4)39(36(34)10-3)28-54-47(66)57-43-26-33(14-16-41(43)50)45(64)58-48(20-17-29(5)60,21-18-30(6)61)22-19-31(7)62/h13-16,25-26H,8-12,17-24,27-28,49-50H2,1-7H3,(H,52,63)(H,58,64)(H2,53,56,65)(H2,54,57,66). The van der Waals surface area contributed by atoms with Crippen molar-refractivity contribution in [1.82, 2.24) is 21.3 Å². The van der Waals surface area contributed by atoms with E-state index in [-0.39, 0.29) is 115 Å². The SMILES string of the molecule is CCc1c(CC)c(CNC(=O)Nc2cc(C(=O)NCCCN=[N+]=[N-])ccc2N)c(CC)c(CNC(=O)Nc2cc(C(=O)NC(CCC(C)=O)(CCC(C)=O)CCC(C)=O)ccc2N)c1CC. The summed E-state index contributed by atoms with van der Waals surface area (Å²) in [7, 11) is 0. The number of carbonyl (C=O) groups excluding carboxylic acids is 7. The van der Waals surface area contributed by atoms with E-state index < -0.39 is 23.5 Å². The largest absolute Gasteiger partial charge is 0.397 e. The molecule has 0 aliphatic heterocycles. The smallest absolute Gasteiger partial charge is 0.319 e. The fraction of sp³-hybridized carbons (Fsp3) is 0.479. The van der Waals surface area contributed by atoms with Crippen molar-refractivity contribution in [1.29, 1.82) is 0 Å². The fourth-order valence-corrected chi connectivity index (χ4v) is 8.13. The van der Waals surface area contributed by atoms with Crippen molar-refractivity contribution in [2.45, 2.75) is 138 Å². The highest BCUT2D eigenvalue weighted by atomic mass is 16.2. The lowest BCUT2D eigenvalue weighted by atomic mass is 9.82. The molecule has 356 valence electrons. The molecule has 0 heterocycles. The molecule has 3 rings (SSSR count). The van der Waals surface area contributed by atoms with Gasteiger partial charge < -0.3 is 57.8 Å². The molecule has 0 fully saturated rings. The molecule has 0 bridgehead atoms. The van der Waals surface area contributed by atoms with Crippen molar-refractivity contribution in [3.05, 3.63) is 91.3 Å². The van der Waals surface area contributed by atoms with Gasteiger partial charge in [-0.2, -0.15) is 0 Å². The van der Waals surface area contributed by atoms with Gasteiger partial charge in [0, 0.05) is 67.0 Å². The van der Waals surface area contributed by atoms with E-state index in [0.29, 0.717) is 32.2 Å². The monoisotopic (exact) mass is 910 g/mol. The maximum absolute atomic E-state index is 13.8. The van der Waals surface area contributed by atoms with Gasteiger partial charge in [0.2, 0.25) is 0 Å². The number of benzene rings is 3. The van der Waals surface area contributed by atoms with Crippen LogP contribution in [0.3, 0.4) is 0 Å². The molecule has 0 unspecified atom stereocenters. The van der Waals surface area contributed by atoms with Crippen LogP contribution in [-0.4, -0.2) is 59.9 Å². The van der Waals surface area contributed by atoms with Crippen LogP contribution in [0.25, 0.3) is 10.4 Å². The van der Waals surface area contributed by atoms with Gasteiger partial charge in [0.05, 0.1) is 22.7 Å². The number of hydrogen-bond acceptors (Lipinski definition) is 10. The Morgan fingerprint density at radius 2 is 0.985 bits per heavy atom. The van der Waals surface area contributed by atoms with Crippen LogP contribution in [0.15, 0.2) is 41.5 Å². The first-order valence-electron chi connectivity index (χ1n) is 22.6. The van der Waals surface area contributed by atoms with E-state index in [9.17, 15) is 33.6 Å². The zero-order valence-corrected chi connectivity index (χ0v) is 39.4. The molecule has 0 aromatic heterocycles. The van der Waals surface area contributed by atoms with Crippen LogP contribution in [-0.2, 0) is 53.2 Å². The Hall–Kier alpha value is -6.94. The van der Waals surface area contributed by atoms with Crippen LogP contribution in [0, 0.1) is 0 Å². The number of Topliss-reactive ketones (excluding diaryl/α,β-unsaturated/α-hetero) is 3. The predicted octanol–water partition coefficient (Wildman–Crippen LogP) is 7.75. The molecule has 18 heteroatoms. The van der Waals surface area contributed by atoms with Gasteiger partial charge in [-0.05, 0) is 147 Å². The molecule has 6 amide bonds. The average Bonchev–Trinajstić information content (AvgIpc) is 3.28. The zero-order chi connectivity index (χ0) is 49.0. The first-order valence-corrected chi connectivity index (χ1v) is 22.6. The summed E-state index contributed by atoms with van der Waals surface area (Å²) in [6.07, 6.45) is 4.38. The summed E-state index contributed by atoms with van der Waals surface area (Å²) in [4.78, 5) is 92.5. The Morgan fingerprint density at radius 1 is 0.591 bits per heavy atom. The van der Waals surface area contributed by atoms with E-state index in [4.69, 9.17) is 17.0 Å². The van der Waals surface area contributed by atoms with E-state index >= 15 is 0 Å². The Kier molecular flexibility index (Phi) is 21.1. The van der Waals surface area contributed by atoms with Crippen molar-refractivity contribution in [2.75, 3.05) is 35.2 Å². The molecular weight excluding hydrogens is 843 g/mol. The quantitative estimate of drug-likeness (QED) is 0.0128. The summed E-state index contributed by atoms with van der Waals surface area (Å²) < 4.78 is 0. The molecule has 3 aromatic carbocycles. The van der Waals surface area contributed by atoms with Crippen LogP contribution >= 0.6 is 0 Å². The normalized spacial score (nSPS) is 10.9. The van der Waals surface area contributed by atoms with E-state index in [1.54, 1.807) is 6.07 Å². The minimum Gasteiger partial charge on any atom is -0.397 e. The summed E-state index contributed by atoms with van der Waals surface area (Å²) in [6, 6.07) is 7.96. The average molecular weight is 910 g/mol. The maximum Gasteiger partial charge on any atom is 0.319 e. The second-order valence-corrected chi connectivity index (χ2v) is 16.4. The number of nitrogens with two attached hydrogens (primary N) is 2. The summed E-state index contributed by atoms with van der Waals surface area (Å²) in [5.74, 6) is -1.14. The predicted molar refractivity (Wildman–Crippen MR) is 258 cm³/mol. The highest BCUT2D eigenvalue weighted by molar-refractivity contribution is 6.00. The summed E-state index contributed by atoms with van der Waals surface area (Å²) >= 11 is 0. The Labute approximate surface area is 387 Å². The van der Waals surface area contributed by atoms with Crippen molar-refractivity contribution in [2.24, 2.45) is 5.11 Å². The third-order valence-corrected chi connectivity index (χ3v) is 11.6. The van der Waals surface area contributed by atoms with Crippen molar-refractivity contribution >= 4 is 64.0 Å². The lowest BCUT2D eigenvalue weighted by Crippen LogP contribution is -2.49. The Morgan fingerprint density at radius 3 is 1.38 bits per heavy atom. The molecule has 0 spiro atoms. The van der Waals surface area contributed by atoms with Crippen LogP contribution < -0.4 is 43.4 Å². The van der Waals surface area contributed by atoms with Crippen LogP contribution in [0.1, 0.15) is 148 Å². The molecule has 0 atom stereocenters. The first-order chi connectivity index (χ1) is 31.4. The molecule has 18 nitrogen and oxygen atoms in total. The van der Waals surface area contributed by atoms with Gasteiger partial charge >= 0.3 is 12.1 Å². The number of azide groups is 1. The molecular formula is C48H67N11O7. The van der Waals surface area contributed by atoms with Crippen molar-refractivity contribution < 1.29 is 33.6 Å². The topological polar surface area (TPSA) is 292 Å². The van der Waals surface area contributed by atoms with E-state index in [1.807, 2.05) is 6.92 Å². The number of nitrogens with zero attached hydrogens (tertiary/aromatic N) is 3. The van der Waals surface area contributed by atoms with E-state index in [2.05, 4.69) is 62.7 Å². The number of urea groups is 2. The number of hydrogen-bond donors (Lipinski definition) is 8. The lowest BCUT2D eigenvalue weighted by Gasteiger charge is -2.35. The minimum atomic E-state index is -1.000. The summed E-state index contributed by atoms with van der Waals surface area (Å²) in [6.45, 7) is 13.4. The van der Waals surface area contributed by atoms with Gasteiger partial charge in [0.25, 0.3) is 11.8 Å². The Bertz CT molecular complexity index is 2280. The van der Waals surface area contributed by atoms with Gasteiger partial charge in [0.1, 0.15) is 17.3 Å².